The van der Waals surface area contributed by atoms with Crippen molar-refractivity contribution in [3.63, 3.8) is 0 Å². The molecule has 0 saturated heterocycles. The van der Waals surface area contributed by atoms with Crippen LogP contribution in [-0.2, 0) is 6.54 Å². The fourth-order valence-electron chi connectivity index (χ4n) is 1.60. The molecular formula is C8H10F3N3. The minimum absolute atomic E-state index is 0.120. The number of hydrogen-bond acceptors (Lipinski definition) is 2. The number of anilines is 1. The van der Waals surface area contributed by atoms with Gasteiger partial charge in [-0.2, -0.15) is 13.2 Å². The topological polar surface area (TPSA) is 43.0 Å². The van der Waals surface area contributed by atoms with Gasteiger partial charge in [0.15, 0.2) is 0 Å². The quantitative estimate of drug-likeness (QED) is 0.729. The highest BCUT2D eigenvalue weighted by Gasteiger charge is 2.40. The second kappa shape index (κ2) is 2.91. The van der Waals surface area contributed by atoms with Gasteiger partial charge in [0, 0.05) is 24.8 Å². The Balaban J connectivity index is 2.33. The van der Waals surface area contributed by atoms with Gasteiger partial charge >= 0.3 is 6.18 Å². The van der Waals surface area contributed by atoms with E-state index < -0.39 is 12.2 Å². The molecule has 1 aromatic rings. The van der Waals surface area contributed by atoms with E-state index in [1.165, 1.54) is 6.07 Å². The van der Waals surface area contributed by atoms with Crippen LogP contribution in [0.25, 0.3) is 0 Å². The summed E-state index contributed by atoms with van der Waals surface area (Å²) in [5.41, 5.74) is 5.23. The van der Waals surface area contributed by atoms with Crippen molar-refractivity contribution in [3.05, 3.63) is 17.8 Å². The number of halogens is 3. The Bertz CT molecular complexity index is 342. The van der Waals surface area contributed by atoms with E-state index in [1.54, 1.807) is 10.8 Å². The first-order valence-electron chi connectivity index (χ1n) is 4.25. The molecule has 2 heterocycles. The smallest absolute Gasteiger partial charge is 0.369 e. The number of rotatable bonds is 1. The molecular weight excluding hydrogens is 195 g/mol. The predicted molar refractivity (Wildman–Crippen MR) is 45.9 cm³/mol. The summed E-state index contributed by atoms with van der Waals surface area (Å²) in [6.45, 7) is 1.35. The molecule has 1 atom stereocenters. The third kappa shape index (κ3) is 1.35. The zero-order valence-corrected chi connectivity index (χ0v) is 7.30. The van der Waals surface area contributed by atoms with Crippen LogP contribution in [-0.4, -0.2) is 17.3 Å². The number of hydrogen-bond donors (Lipinski definition) is 2. The minimum Gasteiger partial charge on any atom is -0.369 e. The van der Waals surface area contributed by atoms with Crippen LogP contribution in [0, 0.1) is 0 Å². The maximum atomic E-state index is 12.3. The van der Waals surface area contributed by atoms with Crippen molar-refractivity contribution < 1.29 is 13.2 Å². The van der Waals surface area contributed by atoms with Gasteiger partial charge in [0.2, 0.25) is 0 Å². The zero-order chi connectivity index (χ0) is 10.3. The lowest BCUT2D eigenvalue weighted by Gasteiger charge is -2.15. The van der Waals surface area contributed by atoms with Gasteiger partial charge in [-0.25, -0.2) is 0 Å². The predicted octanol–water partition coefficient (Wildman–Crippen LogP) is 1.48. The fourth-order valence-corrected chi connectivity index (χ4v) is 1.60. The molecule has 14 heavy (non-hydrogen) atoms. The molecule has 0 amide bonds. The second-order valence-corrected chi connectivity index (χ2v) is 3.26. The number of nitrogens with one attached hydrogen (secondary N) is 1. The molecule has 78 valence electrons. The Morgan fingerprint density at radius 3 is 2.86 bits per heavy atom. The fraction of sp³-hybridized carbons (Fsp3) is 0.500. The summed E-state index contributed by atoms with van der Waals surface area (Å²) in [5, 5.41) is 2.88. The van der Waals surface area contributed by atoms with E-state index in [0.717, 1.165) is 0 Å². The van der Waals surface area contributed by atoms with Crippen molar-refractivity contribution in [2.75, 3.05) is 11.9 Å². The molecule has 2 rings (SSSR count). The molecule has 0 aromatic carbocycles. The normalized spacial score (nSPS) is 17.7. The molecule has 1 aliphatic rings. The van der Waals surface area contributed by atoms with Crippen LogP contribution in [0.15, 0.2) is 12.3 Å². The first-order valence-corrected chi connectivity index (χ1v) is 4.25. The Morgan fingerprint density at radius 2 is 2.21 bits per heavy atom. The van der Waals surface area contributed by atoms with E-state index in [-0.39, 0.29) is 5.56 Å². The average molecular weight is 205 g/mol. The number of nitrogens with two attached hydrogens (primary N) is 1. The molecule has 0 fully saturated rings. The Morgan fingerprint density at radius 1 is 1.50 bits per heavy atom. The molecule has 3 nitrogen and oxygen atoms in total. The van der Waals surface area contributed by atoms with Gasteiger partial charge in [0.05, 0.1) is 0 Å². The standard InChI is InChI=1S/C8H10F3N3/c9-8(10,11)6(12)5-1-3-14-4-2-13-7(5)14/h1,3,6,13H,2,4,12H2. The Hall–Kier alpha value is -1.17. The molecule has 0 aliphatic carbocycles. The highest BCUT2D eigenvalue weighted by Crippen LogP contribution is 2.35. The van der Waals surface area contributed by atoms with E-state index in [4.69, 9.17) is 5.73 Å². The SMILES string of the molecule is NC(c1ccn2c1NCC2)C(F)(F)F. The lowest BCUT2D eigenvalue weighted by molar-refractivity contribution is -0.149. The van der Waals surface area contributed by atoms with Crippen molar-refractivity contribution >= 4 is 5.82 Å². The molecule has 0 bridgehead atoms. The van der Waals surface area contributed by atoms with Crippen LogP contribution in [0.1, 0.15) is 11.6 Å². The average Bonchev–Trinajstić information content (AvgIpc) is 2.59. The summed E-state index contributed by atoms with van der Waals surface area (Å²) in [4.78, 5) is 0. The lowest BCUT2D eigenvalue weighted by atomic mass is 10.1. The largest absolute Gasteiger partial charge is 0.407 e. The van der Waals surface area contributed by atoms with Crippen LogP contribution in [0.3, 0.4) is 0 Å². The number of fused-ring (bicyclic) bond motifs is 1. The minimum atomic E-state index is -4.38. The molecule has 0 radical (unpaired) electrons. The first-order chi connectivity index (χ1) is 6.50. The molecule has 1 unspecified atom stereocenters. The third-order valence-electron chi connectivity index (χ3n) is 2.33. The number of nitrogens with zero attached hydrogens (tertiary/aromatic N) is 1. The maximum absolute atomic E-state index is 12.3. The third-order valence-corrected chi connectivity index (χ3v) is 2.33. The van der Waals surface area contributed by atoms with Gasteiger partial charge in [-0.15, -0.1) is 0 Å². The van der Waals surface area contributed by atoms with Crippen molar-refractivity contribution in [2.45, 2.75) is 18.8 Å². The molecule has 1 aromatic heterocycles. The monoisotopic (exact) mass is 205 g/mol. The lowest BCUT2D eigenvalue weighted by Crippen LogP contribution is -2.28. The highest BCUT2D eigenvalue weighted by molar-refractivity contribution is 5.51. The van der Waals surface area contributed by atoms with E-state index in [1.807, 2.05) is 0 Å². The van der Waals surface area contributed by atoms with Crippen LogP contribution in [0.2, 0.25) is 0 Å². The Kier molecular flexibility index (Phi) is 1.95. The molecule has 1 aliphatic heterocycles. The van der Waals surface area contributed by atoms with Crippen molar-refractivity contribution in [1.82, 2.24) is 4.57 Å². The van der Waals surface area contributed by atoms with Crippen LogP contribution in [0.4, 0.5) is 19.0 Å². The van der Waals surface area contributed by atoms with E-state index in [2.05, 4.69) is 5.32 Å². The van der Waals surface area contributed by atoms with Gasteiger partial charge < -0.3 is 15.6 Å². The zero-order valence-electron chi connectivity index (χ0n) is 7.30. The van der Waals surface area contributed by atoms with Gasteiger partial charge in [-0.1, -0.05) is 0 Å². The second-order valence-electron chi connectivity index (χ2n) is 3.26. The van der Waals surface area contributed by atoms with E-state index in [9.17, 15) is 13.2 Å². The van der Waals surface area contributed by atoms with E-state index in [0.29, 0.717) is 18.9 Å². The summed E-state index contributed by atoms with van der Waals surface area (Å²) in [5.74, 6) is 0.495. The van der Waals surface area contributed by atoms with Crippen LogP contribution in [0.5, 0.6) is 0 Å². The summed E-state index contributed by atoms with van der Waals surface area (Å²) in [7, 11) is 0. The van der Waals surface area contributed by atoms with Gasteiger partial charge in [-0.05, 0) is 6.07 Å². The van der Waals surface area contributed by atoms with Gasteiger partial charge in [-0.3, -0.25) is 0 Å². The summed E-state index contributed by atoms with van der Waals surface area (Å²) in [6.07, 6.45) is -2.76. The summed E-state index contributed by atoms with van der Waals surface area (Å²) in [6, 6.07) is -0.482. The van der Waals surface area contributed by atoms with Gasteiger partial charge in [0.25, 0.3) is 0 Å². The number of aromatic nitrogens is 1. The highest BCUT2D eigenvalue weighted by atomic mass is 19.4. The van der Waals surface area contributed by atoms with Gasteiger partial charge in [0.1, 0.15) is 11.9 Å². The molecule has 0 saturated carbocycles. The van der Waals surface area contributed by atoms with E-state index >= 15 is 0 Å². The first kappa shape index (κ1) is 9.39. The summed E-state index contributed by atoms with van der Waals surface area (Å²) >= 11 is 0. The molecule has 3 N–H and O–H groups in total. The van der Waals surface area contributed by atoms with Crippen molar-refractivity contribution in [1.29, 1.82) is 0 Å². The van der Waals surface area contributed by atoms with Crippen molar-refractivity contribution in [3.8, 4) is 0 Å². The molecule has 0 spiro atoms. The Labute approximate surface area is 78.7 Å². The number of alkyl halides is 3. The molecule has 6 heteroatoms. The van der Waals surface area contributed by atoms with Crippen LogP contribution >= 0.6 is 0 Å². The summed E-state index contributed by atoms with van der Waals surface area (Å²) < 4.78 is 38.7. The maximum Gasteiger partial charge on any atom is 0.407 e. The van der Waals surface area contributed by atoms with Crippen LogP contribution < -0.4 is 11.1 Å². The van der Waals surface area contributed by atoms with Crippen molar-refractivity contribution in [2.24, 2.45) is 5.73 Å².